The molecule has 0 heterocycles. The summed E-state index contributed by atoms with van der Waals surface area (Å²) in [6, 6.07) is 7.57. The molecule has 0 aromatic heterocycles. The first-order chi connectivity index (χ1) is 8.84. The van der Waals surface area contributed by atoms with E-state index in [-0.39, 0.29) is 12.0 Å². The van der Waals surface area contributed by atoms with Crippen molar-refractivity contribution < 1.29 is 8.42 Å². The Hall–Kier alpha value is -1.11. The Kier molecular flexibility index (Phi) is 5.78. The molecular weight excluding hydrogens is 262 g/mol. The molecule has 0 amide bonds. The molecule has 1 unspecified atom stereocenters. The van der Waals surface area contributed by atoms with Crippen molar-refractivity contribution in [3.05, 3.63) is 29.8 Å². The SMILES string of the molecule is CNC(C)c1ccc(NS(=O)(=O)NCC(C)C)cc1. The maximum atomic E-state index is 11.7. The van der Waals surface area contributed by atoms with Crippen LogP contribution >= 0.6 is 0 Å². The van der Waals surface area contributed by atoms with Gasteiger partial charge in [0, 0.05) is 18.3 Å². The smallest absolute Gasteiger partial charge is 0.299 e. The predicted molar refractivity (Wildman–Crippen MR) is 79.3 cm³/mol. The summed E-state index contributed by atoms with van der Waals surface area (Å²) in [7, 11) is -1.60. The summed E-state index contributed by atoms with van der Waals surface area (Å²) < 4.78 is 28.5. The van der Waals surface area contributed by atoms with E-state index in [0.717, 1.165) is 5.56 Å². The molecular formula is C13H23N3O2S. The van der Waals surface area contributed by atoms with Gasteiger partial charge in [-0.05, 0) is 37.6 Å². The molecule has 108 valence electrons. The summed E-state index contributed by atoms with van der Waals surface area (Å²) >= 11 is 0. The Morgan fingerprint density at radius 3 is 2.16 bits per heavy atom. The molecule has 1 atom stereocenters. The monoisotopic (exact) mass is 285 g/mol. The third-order valence-corrected chi connectivity index (χ3v) is 3.83. The van der Waals surface area contributed by atoms with E-state index >= 15 is 0 Å². The van der Waals surface area contributed by atoms with E-state index in [1.165, 1.54) is 0 Å². The second kappa shape index (κ2) is 6.88. The fourth-order valence-corrected chi connectivity index (χ4v) is 2.55. The average Bonchev–Trinajstić information content (AvgIpc) is 2.36. The predicted octanol–water partition coefficient (Wildman–Crippen LogP) is 1.87. The van der Waals surface area contributed by atoms with Gasteiger partial charge in [-0.15, -0.1) is 0 Å². The maximum absolute atomic E-state index is 11.7. The van der Waals surface area contributed by atoms with Crippen LogP contribution in [0.3, 0.4) is 0 Å². The van der Waals surface area contributed by atoms with Crippen LogP contribution in [0.2, 0.25) is 0 Å². The first-order valence-corrected chi connectivity index (χ1v) is 7.87. The first-order valence-electron chi connectivity index (χ1n) is 6.38. The number of anilines is 1. The first kappa shape index (κ1) is 15.9. The minimum atomic E-state index is -3.48. The van der Waals surface area contributed by atoms with Crippen LogP contribution in [0.1, 0.15) is 32.4 Å². The Morgan fingerprint density at radius 2 is 1.68 bits per heavy atom. The highest BCUT2D eigenvalue weighted by atomic mass is 32.2. The molecule has 0 aliphatic carbocycles. The summed E-state index contributed by atoms with van der Waals surface area (Å²) in [6.45, 7) is 6.38. The summed E-state index contributed by atoms with van der Waals surface area (Å²) in [5, 5.41) is 3.13. The van der Waals surface area contributed by atoms with E-state index in [1.807, 2.05) is 40.0 Å². The quantitative estimate of drug-likeness (QED) is 0.716. The van der Waals surface area contributed by atoms with E-state index in [0.29, 0.717) is 12.2 Å². The van der Waals surface area contributed by atoms with Crippen molar-refractivity contribution in [3.63, 3.8) is 0 Å². The molecule has 0 bridgehead atoms. The topological polar surface area (TPSA) is 70.2 Å². The maximum Gasteiger partial charge on any atom is 0.299 e. The van der Waals surface area contributed by atoms with E-state index < -0.39 is 10.2 Å². The molecule has 1 rings (SSSR count). The van der Waals surface area contributed by atoms with Crippen molar-refractivity contribution >= 4 is 15.9 Å². The van der Waals surface area contributed by atoms with Crippen molar-refractivity contribution in [1.82, 2.24) is 10.0 Å². The highest BCUT2D eigenvalue weighted by Crippen LogP contribution is 2.16. The van der Waals surface area contributed by atoms with Crippen molar-refractivity contribution in [1.29, 1.82) is 0 Å². The normalized spacial score (nSPS) is 13.5. The van der Waals surface area contributed by atoms with Gasteiger partial charge in [0.25, 0.3) is 10.2 Å². The van der Waals surface area contributed by atoms with Crippen molar-refractivity contribution in [2.45, 2.75) is 26.8 Å². The van der Waals surface area contributed by atoms with Crippen LogP contribution in [-0.4, -0.2) is 22.0 Å². The third kappa shape index (κ3) is 5.59. The zero-order valence-corrected chi connectivity index (χ0v) is 12.7. The van der Waals surface area contributed by atoms with Gasteiger partial charge >= 0.3 is 0 Å². The van der Waals surface area contributed by atoms with E-state index in [9.17, 15) is 8.42 Å². The fourth-order valence-electron chi connectivity index (χ4n) is 1.47. The lowest BCUT2D eigenvalue weighted by Gasteiger charge is -2.13. The van der Waals surface area contributed by atoms with Gasteiger partial charge in [-0.25, -0.2) is 0 Å². The summed E-state index contributed by atoms with van der Waals surface area (Å²) in [6.07, 6.45) is 0. The molecule has 1 aromatic carbocycles. The molecule has 6 heteroatoms. The lowest BCUT2D eigenvalue weighted by atomic mass is 10.1. The van der Waals surface area contributed by atoms with Gasteiger partial charge < -0.3 is 5.32 Å². The summed E-state index contributed by atoms with van der Waals surface area (Å²) in [5.41, 5.74) is 1.67. The van der Waals surface area contributed by atoms with Crippen LogP contribution in [0.5, 0.6) is 0 Å². The average molecular weight is 285 g/mol. The highest BCUT2D eigenvalue weighted by Gasteiger charge is 2.10. The van der Waals surface area contributed by atoms with E-state index in [4.69, 9.17) is 0 Å². The van der Waals surface area contributed by atoms with Gasteiger partial charge in [-0.2, -0.15) is 13.1 Å². The highest BCUT2D eigenvalue weighted by molar-refractivity contribution is 7.90. The molecule has 0 saturated carbocycles. The Bertz CT molecular complexity index is 483. The zero-order chi connectivity index (χ0) is 14.5. The van der Waals surface area contributed by atoms with Gasteiger partial charge in [0.2, 0.25) is 0 Å². The van der Waals surface area contributed by atoms with Crippen LogP contribution < -0.4 is 14.8 Å². The van der Waals surface area contributed by atoms with Crippen LogP contribution in [-0.2, 0) is 10.2 Å². The Morgan fingerprint density at radius 1 is 1.11 bits per heavy atom. The van der Waals surface area contributed by atoms with Gasteiger partial charge in [0.1, 0.15) is 0 Å². The summed E-state index contributed by atoms with van der Waals surface area (Å²) in [5.74, 6) is 0.274. The molecule has 0 radical (unpaired) electrons. The lowest BCUT2D eigenvalue weighted by molar-refractivity contribution is 0.565. The fraction of sp³-hybridized carbons (Fsp3) is 0.538. The molecule has 1 aromatic rings. The van der Waals surface area contributed by atoms with Crippen molar-refractivity contribution in [2.75, 3.05) is 18.3 Å². The molecule has 0 fully saturated rings. The van der Waals surface area contributed by atoms with Gasteiger partial charge in [-0.1, -0.05) is 26.0 Å². The Labute approximate surface area is 116 Å². The Balaban J connectivity index is 2.67. The van der Waals surface area contributed by atoms with E-state index in [2.05, 4.69) is 14.8 Å². The molecule has 19 heavy (non-hydrogen) atoms. The molecule has 0 spiro atoms. The zero-order valence-electron chi connectivity index (χ0n) is 11.9. The summed E-state index contributed by atoms with van der Waals surface area (Å²) in [4.78, 5) is 0. The van der Waals surface area contributed by atoms with Gasteiger partial charge in [0.05, 0.1) is 0 Å². The second-order valence-corrected chi connectivity index (χ2v) is 6.48. The molecule has 3 N–H and O–H groups in total. The van der Waals surface area contributed by atoms with Crippen molar-refractivity contribution in [2.24, 2.45) is 5.92 Å². The largest absolute Gasteiger partial charge is 0.313 e. The second-order valence-electron chi connectivity index (χ2n) is 4.98. The van der Waals surface area contributed by atoms with Gasteiger partial charge in [-0.3, -0.25) is 4.72 Å². The number of rotatable bonds is 7. The number of hydrogen-bond acceptors (Lipinski definition) is 3. The molecule has 0 saturated heterocycles. The molecule has 0 aliphatic heterocycles. The standard InChI is InChI=1S/C13H23N3O2S/c1-10(2)9-15-19(17,18)16-13-7-5-12(6-8-13)11(3)14-4/h5-8,10-11,14-16H,9H2,1-4H3. The third-order valence-electron chi connectivity index (χ3n) is 2.78. The van der Waals surface area contributed by atoms with E-state index in [1.54, 1.807) is 12.1 Å². The number of nitrogens with one attached hydrogen (secondary N) is 3. The van der Waals surface area contributed by atoms with Crippen molar-refractivity contribution in [3.8, 4) is 0 Å². The van der Waals surface area contributed by atoms with Gasteiger partial charge in [0.15, 0.2) is 0 Å². The van der Waals surface area contributed by atoms with Crippen LogP contribution in [0.25, 0.3) is 0 Å². The van der Waals surface area contributed by atoms with Crippen LogP contribution in [0.4, 0.5) is 5.69 Å². The molecule has 0 aliphatic rings. The minimum Gasteiger partial charge on any atom is -0.313 e. The molecule has 5 nitrogen and oxygen atoms in total. The van der Waals surface area contributed by atoms with Crippen LogP contribution in [0, 0.1) is 5.92 Å². The lowest BCUT2D eigenvalue weighted by Crippen LogP contribution is -2.32. The number of hydrogen-bond donors (Lipinski definition) is 3. The number of benzene rings is 1. The van der Waals surface area contributed by atoms with Crippen LogP contribution in [0.15, 0.2) is 24.3 Å². The minimum absolute atomic E-state index is 0.240.